The molecule has 0 saturated carbocycles. The molecule has 0 saturated heterocycles. The Morgan fingerprint density at radius 1 is 1.03 bits per heavy atom. The molecule has 4 rings (SSSR count). The van der Waals surface area contributed by atoms with Gasteiger partial charge in [0.2, 0.25) is 0 Å². The van der Waals surface area contributed by atoms with Crippen molar-refractivity contribution in [1.29, 1.82) is 0 Å². The van der Waals surface area contributed by atoms with Gasteiger partial charge < -0.3 is 30.2 Å². The number of benzene rings is 3. The van der Waals surface area contributed by atoms with E-state index in [0.717, 1.165) is 39.1 Å². The van der Waals surface area contributed by atoms with Crippen LogP contribution in [0.4, 0.5) is 5.69 Å². The first kappa shape index (κ1) is 24.8. The number of aromatic nitrogens is 1. The first-order valence-corrected chi connectivity index (χ1v) is 11.5. The van der Waals surface area contributed by atoms with E-state index in [0.29, 0.717) is 23.6 Å². The molecular formula is C28H30N3O5+. The van der Waals surface area contributed by atoms with Crippen molar-refractivity contribution < 1.29 is 29.6 Å². The summed E-state index contributed by atoms with van der Waals surface area (Å²) in [6.45, 7) is 4.03. The second kappa shape index (κ2) is 10.5. The molecule has 1 amide bonds. The number of rotatable bonds is 8. The molecule has 0 bridgehead atoms. The largest absolute Gasteiger partial charge is 0.508 e. The van der Waals surface area contributed by atoms with Gasteiger partial charge in [0.25, 0.3) is 5.91 Å². The molecule has 0 aliphatic carbocycles. The van der Waals surface area contributed by atoms with Crippen LogP contribution in [0.25, 0.3) is 22.5 Å². The Hall–Kier alpha value is -4.30. The standard InChI is InChI=1S/C28H29N3O5/c1-16-11-20(14-26(35-4)17(16)2)27-22(15-30-36-27)19-7-10-25(34-3)24(13-19)31-28(33)23(29)12-18-5-8-21(32)9-6-18/h5-11,13-15,23,32H,12,29H2,1-4H3,(H,31,33)/p+1. The number of ether oxygens (including phenoxy) is 2. The van der Waals surface area contributed by atoms with E-state index in [1.54, 1.807) is 50.7 Å². The maximum Gasteiger partial charge on any atom is 0.282 e. The molecule has 1 unspecified atom stereocenters. The van der Waals surface area contributed by atoms with Crippen LogP contribution >= 0.6 is 0 Å². The van der Waals surface area contributed by atoms with Gasteiger partial charge in [0.05, 0.1) is 26.1 Å². The first-order valence-electron chi connectivity index (χ1n) is 11.5. The number of carbonyl (C=O) groups is 1. The van der Waals surface area contributed by atoms with E-state index >= 15 is 0 Å². The predicted octanol–water partition coefficient (Wildman–Crippen LogP) is 4.14. The third-order valence-electron chi connectivity index (χ3n) is 6.23. The summed E-state index contributed by atoms with van der Waals surface area (Å²) in [5.41, 5.74) is 9.99. The number of nitrogens with one attached hydrogen (secondary N) is 1. The van der Waals surface area contributed by atoms with Crippen LogP contribution < -0.4 is 20.5 Å². The van der Waals surface area contributed by atoms with Crippen LogP contribution in [0, 0.1) is 13.8 Å². The van der Waals surface area contributed by atoms with Gasteiger partial charge in [0.1, 0.15) is 17.2 Å². The zero-order chi connectivity index (χ0) is 25.8. The van der Waals surface area contributed by atoms with Crippen LogP contribution in [0.15, 0.2) is 65.3 Å². The fraction of sp³-hybridized carbons (Fsp3) is 0.214. The van der Waals surface area contributed by atoms with Crippen molar-refractivity contribution >= 4 is 11.6 Å². The number of nitrogens with zero attached hydrogens (tertiary/aromatic N) is 1. The van der Waals surface area contributed by atoms with Gasteiger partial charge >= 0.3 is 0 Å². The lowest BCUT2D eigenvalue weighted by atomic mass is 9.98. The molecule has 0 fully saturated rings. The van der Waals surface area contributed by atoms with Gasteiger partial charge in [-0.3, -0.25) is 4.79 Å². The zero-order valence-electron chi connectivity index (χ0n) is 20.8. The zero-order valence-corrected chi connectivity index (χ0v) is 20.8. The van der Waals surface area contributed by atoms with Gasteiger partial charge in [-0.1, -0.05) is 23.4 Å². The van der Waals surface area contributed by atoms with E-state index in [9.17, 15) is 9.90 Å². The van der Waals surface area contributed by atoms with E-state index in [-0.39, 0.29) is 11.7 Å². The van der Waals surface area contributed by atoms with Crippen LogP contribution in [0.3, 0.4) is 0 Å². The average Bonchev–Trinajstić information content (AvgIpc) is 3.37. The summed E-state index contributed by atoms with van der Waals surface area (Å²) in [7, 11) is 3.19. The summed E-state index contributed by atoms with van der Waals surface area (Å²) in [4.78, 5) is 13.0. The lowest BCUT2D eigenvalue weighted by Crippen LogP contribution is -2.67. The van der Waals surface area contributed by atoms with Crippen molar-refractivity contribution in [3.63, 3.8) is 0 Å². The number of quaternary nitrogens is 1. The number of hydrogen-bond donors (Lipinski definition) is 3. The van der Waals surface area contributed by atoms with Gasteiger partial charge in [0.15, 0.2) is 11.8 Å². The Morgan fingerprint density at radius 2 is 1.75 bits per heavy atom. The molecule has 1 aromatic heterocycles. The average molecular weight is 489 g/mol. The molecule has 1 atom stereocenters. The molecule has 5 N–H and O–H groups in total. The van der Waals surface area contributed by atoms with Crippen molar-refractivity contribution in [2.75, 3.05) is 19.5 Å². The van der Waals surface area contributed by atoms with Crippen LogP contribution in [-0.4, -0.2) is 36.4 Å². The van der Waals surface area contributed by atoms with Crippen molar-refractivity contribution in [1.82, 2.24) is 5.16 Å². The molecule has 36 heavy (non-hydrogen) atoms. The van der Waals surface area contributed by atoms with Gasteiger partial charge in [-0.2, -0.15) is 0 Å². The highest BCUT2D eigenvalue weighted by atomic mass is 16.5. The van der Waals surface area contributed by atoms with Crippen LogP contribution in [0.5, 0.6) is 17.2 Å². The number of carbonyl (C=O) groups excluding carboxylic acids is 1. The number of anilines is 1. The minimum atomic E-state index is -0.544. The number of methoxy groups -OCH3 is 2. The minimum Gasteiger partial charge on any atom is -0.508 e. The highest BCUT2D eigenvalue weighted by molar-refractivity contribution is 5.96. The summed E-state index contributed by atoms with van der Waals surface area (Å²) < 4.78 is 16.7. The maximum atomic E-state index is 13.0. The summed E-state index contributed by atoms with van der Waals surface area (Å²) in [6.07, 6.45) is 2.08. The third kappa shape index (κ3) is 5.18. The monoisotopic (exact) mass is 488 g/mol. The second-order valence-corrected chi connectivity index (χ2v) is 8.66. The van der Waals surface area contributed by atoms with Crippen molar-refractivity contribution in [2.24, 2.45) is 0 Å². The lowest BCUT2D eigenvalue weighted by Gasteiger charge is -2.14. The number of hydrogen-bond acceptors (Lipinski definition) is 6. The van der Waals surface area contributed by atoms with Crippen LogP contribution in [0.2, 0.25) is 0 Å². The topological polar surface area (TPSA) is 121 Å². The Morgan fingerprint density at radius 3 is 2.44 bits per heavy atom. The Labute approximate surface area is 209 Å². The minimum absolute atomic E-state index is 0.178. The van der Waals surface area contributed by atoms with Crippen LogP contribution in [-0.2, 0) is 11.2 Å². The summed E-state index contributed by atoms with van der Waals surface area (Å²) in [5.74, 6) is 1.82. The highest BCUT2D eigenvalue weighted by Gasteiger charge is 2.21. The first-order chi connectivity index (χ1) is 17.3. The van der Waals surface area contributed by atoms with Gasteiger partial charge in [-0.05, 0) is 72.5 Å². The Kier molecular flexibility index (Phi) is 7.26. The molecule has 8 heteroatoms. The van der Waals surface area contributed by atoms with Gasteiger partial charge in [-0.25, -0.2) is 0 Å². The molecule has 8 nitrogen and oxygen atoms in total. The number of phenols is 1. The van der Waals surface area contributed by atoms with Crippen molar-refractivity contribution in [3.8, 4) is 39.7 Å². The molecule has 0 radical (unpaired) electrons. The quantitative estimate of drug-likeness (QED) is 0.343. The van der Waals surface area contributed by atoms with Crippen LogP contribution in [0.1, 0.15) is 16.7 Å². The maximum absolute atomic E-state index is 13.0. The molecule has 0 aliphatic rings. The number of phenolic OH excluding ortho intramolecular Hbond substituents is 1. The fourth-order valence-corrected chi connectivity index (χ4v) is 4.04. The highest BCUT2D eigenvalue weighted by Crippen LogP contribution is 2.38. The SMILES string of the molecule is COc1ccc(-c2cnoc2-c2cc(C)c(C)c(OC)c2)cc1NC(=O)C([NH3+])Cc1ccc(O)cc1. The molecule has 0 aliphatic heterocycles. The number of aryl methyl sites for hydroxylation is 1. The summed E-state index contributed by atoms with van der Waals surface area (Å²) in [5, 5.41) is 16.5. The third-order valence-corrected chi connectivity index (χ3v) is 6.23. The second-order valence-electron chi connectivity index (χ2n) is 8.66. The van der Waals surface area contributed by atoms with Crippen molar-refractivity contribution in [3.05, 3.63) is 77.5 Å². The number of aromatic hydroxyl groups is 1. The molecular weight excluding hydrogens is 458 g/mol. The molecule has 4 aromatic rings. The normalized spacial score (nSPS) is 11.7. The van der Waals surface area contributed by atoms with Crippen molar-refractivity contribution in [2.45, 2.75) is 26.3 Å². The smallest absolute Gasteiger partial charge is 0.282 e. The van der Waals surface area contributed by atoms with Gasteiger partial charge in [-0.15, -0.1) is 0 Å². The Balaban J connectivity index is 1.62. The van der Waals surface area contributed by atoms with E-state index < -0.39 is 6.04 Å². The van der Waals surface area contributed by atoms with E-state index in [1.165, 1.54) is 0 Å². The predicted molar refractivity (Wildman–Crippen MR) is 137 cm³/mol. The van der Waals surface area contributed by atoms with E-state index in [2.05, 4.69) is 16.2 Å². The fourth-order valence-electron chi connectivity index (χ4n) is 4.04. The molecule has 186 valence electrons. The van der Waals surface area contributed by atoms with E-state index in [4.69, 9.17) is 14.0 Å². The molecule has 3 aromatic carbocycles. The summed E-state index contributed by atoms with van der Waals surface area (Å²) >= 11 is 0. The Bertz CT molecular complexity index is 1380. The molecule has 1 heterocycles. The summed E-state index contributed by atoms with van der Waals surface area (Å²) in [6, 6.07) is 15.7. The molecule has 0 spiro atoms. The van der Waals surface area contributed by atoms with Gasteiger partial charge in [0, 0.05) is 17.5 Å². The lowest BCUT2D eigenvalue weighted by molar-refractivity contribution is -0.402. The van der Waals surface area contributed by atoms with E-state index in [1.807, 2.05) is 38.1 Å². The number of amides is 1.